The molecular formula is C24H50N6. The summed E-state index contributed by atoms with van der Waals surface area (Å²) in [6, 6.07) is 2.68. The van der Waals surface area contributed by atoms with Gasteiger partial charge >= 0.3 is 0 Å². The highest BCUT2D eigenvalue weighted by atomic mass is 15.0. The molecule has 1 saturated heterocycles. The number of fused-ring (bicyclic) bond motifs is 2. The van der Waals surface area contributed by atoms with Crippen LogP contribution in [0.5, 0.6) is 0 Å². The maximum Gasteiger partial charge on any atom is 0.0221 e. The first kappa shape index (κ1) is 24.4. The van der Waals surface area contributed by atoms with Gasteiger partial charge in [0.05, 0.1) is 0 Å². The lowest BCUT2D eigenvalue weighted by molar-refractivity contribution is 0.279. The first-order valence-corrected chi connectivity index (χ1v) is 13.3. The Labute approximate surface area is 185 Å². The molecule has 1 aliphatic heterocycles. The molecule has 0 aromatic rings. The van der Waals surface area contributed by atoms with Crippen LogP contribution in [0.3, 0.4) is 0 Å². The molecule has 6 nitrogen and oxygen atoms in total. The monoisotopic (exact) mass is 422 g/mol. The van der Waals surface area contributed by atoms with Crippen LogP contribution in [0.4, 0.5) is 0 Å². The highest BCUT2D eigenvalue weighted by molar-refractivity contribution is 4.87. The fraction of sp³-hybridized carbons (Fsp3) is 1.00. The Morgan fingerprint density at radius 2 is 0.567 bits per heavy atom. The van der Waals surface area contributed by atoms with Crippen LogP contribution in [-0.4, -0.2) is 76.5 Å². The summed E-state index contributed by atoms with van der Waals surface area (Å²) in [5.74, 6) is 0. The zero-order valence-corrected chi connectivity index (χ0v) is 19.5. The van der Waals surface area contributed by atoms with Crippen LogP contribution in [-0.2, 0) is 0 Å². The maximum atomic E-state index is 3.85. The van der Waals surface area contributed by atoms with Crippen molar-refractivity contribution in [1.82, 2.24) is 31.9 Å². The predicted octanol–water partition coefficient (Wildman–Crippen LogP) is 1.72. The van der Waals surface area contributed by atoms with Crippen molar-refractivity contribution in [2.45, 2.75) is 101 Å². The minimum atomic E-state index is 0.670. The molecule has 0 spiro atoms. The van der Waals surface area contributed by atoms with E-state index in [1.54, 1.807) is 0 Å². The van der Waals surface area contributed by atoms with Crippen molar-refractivity contribution in [3.05, 3.63) is 0 Å². The summed E-state index contributed by atoms with van der Waals surface area (Å²) in [7, 11) is 0. The zero-order valence-electron chi connectivity index (χ0n) is 19.5. The maximum absolute atomic E-state index is 3.85. The average molecular weight is 423 g/mol. The van der Waals surface area contributed by atoms with E-state index in [2.05, 4.69) is 31.9 Å². The van der Waals surface area contributed by atoms with E-state index in [0.717, 1.165) is 52.4 Å². The van der Waals surface area contributed by atoms with Crippen molar-refractivity contribution in [1.29, 1.82) is 0 Å². The molecule has 0 aromatic carbocycles. The summed E-state index contributed by atoms with van der Waals surface area (Å²) in [4.78, 5) is 0. The molecule has 3 rings (SSSR count). The van der Waals surface area contributed by atoms with Crippen LogP contribution in [0.15, 0.2) is 0 Å². The molecule has 2 aliphatic carbocycles. The molecule has 0 aromatic heterocycles. The highest BCUT2D eigenvalue weighted by Crippen LogP contribution is 2.19. The lowest BCUT2D eigenvalue weighted by atomic mass is 9.90. The first-order valence-electron chi connectivity index (χ1n) is 13.3. The molecule has 0 amide bonds. The Hall–Kier alpha value is -0.240. The van der Waals surface area contributed by atoms with E-state index >= 15 is 0 Å². The minimum absolute atomic E-state index is 0.670. The molecule has 0 radical (unpaired) electrons. The Kier molecular flexibility index (Phi) is 12.6. The third kappa shape index (κ3) is 9.49. The van der Waals surface area contributed by atoms with Gasteiger partial charge < -0.3 is 31.9 Å². The summed E-state index contributed by atoms with van der Waals surface area (Å²) >= 11 is 0. The van der Waals surface area contributed by atoms with Crippen molar-refractivity contribution in [3.8, 4) is 0 Å². The van der Waals surface area contributed by atoms with Gasteiger partial charge in [-0.25, -0.2) is 0 Å². The summed E-state index contributed by atoms with van der Waals surface area (Å²) < 4.78 is 0. The second-order valence-electron chi connectivity index (χ2n) is 9.73. The Balaban J connectivity index is 1.39. The Morgan fingerprint density at radius 3 is 0.833 bits per heavy atom. The van der Waals surface area contributed by atoms with Crippen LogP contribution in [0.25, 0.3) is 0 Å². The Morgan fingerprint density at radius 1 is 0.300 bits per heavy atom. The lowest BCUT2D eigenvalue weighted by Gasteiger charge is -2.33. The Bertz CT molecular complexity index is 347. The molecule has 3 aliphatic rings. The van der Waals surface area contributed by atoms with E-state index in [9.17, 15) is 0 Å². The smallest absolute Gasteiger partial charge is 0.0221 e. The molecule has 0 unspecified atom stereocenters. The highest BCUT2D eigenvalue weighted by Gasteiger charge is 2.24. The van der Waals surface area contributed by atoms with E-state index in [0.29, 0.717) is 24.2 Å². The van der Waals surface area contributed by atoms with E-state index in [4.69, 9.17) is 0 Å². The number of hydrogen-bond donors (Lipinski definition) is 6. The largest absolute Gasteiger partial charge is 0.317 e. The lowest BCUT2D eigenvalue weighted by Crippen LogP contribution is -2.51. The van der Waals surface area contributed by atoms with Crippen LogP contribution in [0.2, 0.25) is 0 Å². The summed E-state index contributed by atoms with van der Waals surface area (Å²) in [5.41, 5.74) is 0. The van der Waals surface area contributed by atoms with Gasteiger partial charge in [0, 0.05) is 24.2 Å². The summed E-state index contributed by atoms with van der Waals surface area (Å²) in [5, 5.41) is 22.7. The van der Waals surface area contributed by atoms with Crippen LogP contribution in [0, 0.1) is 0 Å². The molecular weight excluding hydrogens is 372 g/mol. The van der Waals surface area contributed by atoms with Gasteiger partial charge in [-0.3, -0.25) is 0 Å². The third-order valence-electron chi connectivity index (χ3n) is 7.28. The van der Waals surface area contributed by atoms with Crippen molar-refractivity contribution in [2.24, 2.45) is 0 Å². The number of rotatable bonds is 0. The molecule has 4 atom stereocenters. The van der Waals surface area contributed by atoms with Gasteiger partial charge in [0.15, 0.2) is 0 Å². The second kappa shape index (κ2) is 15.5. The van der Waals surface area contributed by atoms with Gasteiger partial charge in [-0.1, -0.05) is 25.7 Å². The topological polar surface area (TPSA) is 72.2 Å². The number of hydrogen-bond acceptors (Lipinski definition) is 6. The molecule has 176 valence electrons. The first-order chi connectivity index (χ1) is 14.9. The molecule has 3 fully saturated rings. The van der Waals surface area contributed by atoms with Crippen LogP contribution in [0.1, 0.15) is 77.0 Å². The quantitative estimate of drug-likeness (QED) is 0.357. The van der Waals surface area contributed by atoms with E-state index < -0.39 is 0 Å². The van der Waals surface area contributed by atoms with Gasteiger partial charge in [-0.05, 0) is 104 Å². The van der Waals surface area contributed by atoms with Crippen LogP contribution < -0.4 is 31.9 Å². The molecule has 1 heterocycles. The van der Waals surface area contributed by atoms with E-state index in [1.807, 2.05) is 0 Å². The van der Waals surface area contributed by atoms with Gasteiger partial charge in [0.25, 0.3) is 0 Å². The van der Waals surface area contributed by atoms with E-state index in [1.165, 1.54) is 77.0 Å². The van der Waals surface area contributed by atoms with E-state index in [-0.39, 0.29) is 0 Å². The zero-order chi connectivity index (χ0) is 20.7. The third-order valence-corrected chi connectivity index (χ3v) is 7.28. The summed E-state index contributed by atoms with van der Waals surface area (Å²) in [6.07, 6.45) is 15.8. The predicted molar refractivity (Wildman–Crippen MR) is 128 cm³/mol. The van der Waals surface area contributed by atoms with Crippen molar-refractivity contribution >= 4 is 0 Å². The normalized spacial score (nSPS) is 35.2. The fourth-order valence-corrected chi connectivity index (χ4v) is 5.49. The minimum Gasteiger partial charge on any atom is -0.317 e. The van der Waals surface area contributed by atoms with Crippen molar-refractivity contribution < 1.29 is 0 Å². The molecule has 30 heavy (non-hydrogen) atoms. The van der Waals surface area contributed by atoms with Gasteiger partial charge in [-0.15, -0.1) is 0 Å². The van der Waals surface area contributed by atoms with Gasteiger partial charge in [0.2, 0.25) is 0 Å². The van der Waals surface area contributed by atoms with Crippen molar-refractivity contribution in [3.63, 3.8) is 0 Å². The van der Waals surface area contributed by atoms with Crippen molar-refractivity contribution in [2.75, 3.05) is 52.4 Å². The van der Waals surface area contributed by atoms with Crippen LogP contribution >= 0.6 is 0 Å². The molecule has 0 bridgehead atoms. The molecule has 6 N–H and O–H groups in total. The fourth-order valence-electron chi connectivity index (χ4n) is 5.49. The van der Waals surface area contributed by atoms with Gasteiger partial charge in [0.1, 0.15) is 0 Å². The second-order valence-corrected chi connectivity index (χ2v) is 9.73. The average Bonchev–Trinajstić information content (AvgIpc) is 2.78. The van der Waals surface area contributed by atoms with Gasteiger partial charge in [-0.2, -0.15) is 0 Å². The molecule has 6 heteroatoms. The number of nitrogens with one attached hydrogen (secondary N) is 6. The SMILES string of the molecule is C1CNCCCN[C@@H]2CCCC[C@H]2NCCCNCCCN[C@@H]2CCCC[C@H]2NC1. The summed E-state index contributed by atoms with van der Waals surface area (Å²) in [6.45, 7) is 9.12. The standard InChI is InChI=1S/C24H50N6/c1-2-10-22-21(9-1)27-17-5-13-25-15-7-19-29-23-11-3-4-12-24(23)30-20-8-16-26-14-6-18-28-22/h21-30H,1-20H2/t21-,22-,23-,24-/m1/s1. The molecule has 2 saturated carbocycles.